The van der Waals surface area contributed by atoms with Crippen molar-refractivity contribution in [1.29, 1.82) is 0 Å². The zero-order valence-corrected chi connectivity index (χ0v) is 12.0. The lowest BCUT2D eigenvalue weighted by Gasteiger charge is -2.08. The maximum atomic E-state index is 14.0. The number of carboxylic acid groups (broad SMARTS) is 1. The predicted molar refractivity (Wildman–Crippen MR) is 76.3 cm³/mol. The number of nitrogens with zero attached hydrogens (tertiary/aromatic N) is 1. The van der Waals surface area contributed by atoms with Gasteiger partial charge in [-0.05, 0) is 43.2 Å². The molecule has 0 aliphatic heterocycles. The Morgan fingerprint density at radius 1 is 1.30 bits per heavy atom. The first-order valence-electron chi connectivity index (χ1n) is 6.26. The molecule has 1 fully saturated rings. The first kappa shape index (κ1) is 13.2. The summed E-state index contributed by atoms with van der Waals surface area (Å²) in [6, 6.07) is 7.82. The summed E-state index contributed by atoms with van der Waals surface area (Å²) in [4.78, 5) is 15.6. The van der Waals surface area contributed by atoms with Crippen molar-refractivity contribution in [3.63, 3.8) is 0 Å². The molecule has 1 saturated carbocycles. The van der Waals surface area contributed by atoms with Crippen LogP contribution in [0.25, 0.3) is 11.3 Å². The normalized spacial score (nSPS) is 14.3. The van der Waals surface area contributed by atoms with Crippen molar-refractivity contribution in [2.75, 3.05) is 0 Å². The van der Waals surface area contributed by atoms with E-state index in [-0.39, 0.29) is 17.3 Å². The van der Waals surface area contributed by atoms with Gasteiger partial charge >= 0.3 is 5.97 Å². The molecular weight excluding hydrogens is 325 g/mol. The van der Waals surface area contributed by atoms with Gasteiger partial charge in [-0.2, -0.15) is 0 Å². The van der Waals surface area contributed by atoms with Crippen molar-refractivity contribution in [1.82, 2.24) is 4.98 Å². The molecule has 0 spiro atoms. The molecule has 1 heterocycles. The molecule has 3 rings (SSSR count). The third-order valence-corrected chi connectivity index (χ3v) is 3.82. The molecule has 1 N–H and O–H groups in total. The highest BCUT2D eigenvalue weighted by Gasteiger charge is 2.30. The fourth-order valence-electron chi connectivity index (χ4n) is 2.17. The van der Waals surface area contributed by atoms with E-state index in [1.807, 2.05) is 0 Å². The van der Waals surface area contributed by atoms with E-state index in [2.05, 4.69) is 20.9 Å². The Morgan fingerprint density at radius 2 is 2.05 bits per heavy atom. The Kier molecular flexibility index (Phi) is 3.30. The number of hydrogen-bond donors (Lipinski definition) is 1. The van der Waals surface area contributed by atoms with Gasteiger partial charge in [0, 0.05) is 16.0 Å². The van der Waals surface area contributed by atoms with Crippen LogP contribution in [0, 0.1) is 5.82 Å². The van der Waals surface area contributed by atoms with E-state index in [9.17, 15) is 14.3 Å². The Bertz CT molecular complexity index is 698. The summed E-state index contributed by atoms with van der Waals surface area (Å²) in [5.41, 5.74) is 1.64. The number of carboxylic acids is 1. The van der Waals surface area contributed by atoms with Crippen LogP contribution in [-0.2, 0) is 0 Å². The number of carbonyl (C=O) groups is 1. The molecule has 0 bridgehead atoms. The lowest BCUT2D eigenvalue weighted by molar-refractivity contribution is 0.0695. The lowest BCUT2D eigenvalue weighted by Crippen LogP contribution is -2.05. The minimum Gasteiger partial charge on any atom is -0.478 e. The number of halogens is 2. The van der Waals surface area contributed by atoms with Crippen LogP contribution in [0.4, 0.5) is 4.39 Å². The van der Waals surface area contributed by atoms with Crippen molar-refractivity contribution in [2.45, 2.75) is 18.8 Å². The molecule has 0 unspecified atom stereocenters. The highest BCUT2D eigenvalue weighted by atomic mass is 79.9. The highest BCUT2D eigenvalue weighted by Crippen LogP contribution is 2.41. The lowest BCUT2D eigenvalue weighted by atomic mass is 10.1. The summed E-state index contributed by atoms with van der Waals surface area (Å²) in [5.74, 6) is -1.17. The number of benzene rings is 1. The van der Waals surface area contributed by atoms with Crippen molar-refractivity contribution in [3.05, 3.63) is 51.9 Å². The zero-order chi connectivity index (χ0) is 14.3. The third-order valence-electron chi connectivity index (χ3n) is 3.33. The zero-order valence-electron chi connectivity index (χ0n) is 10.4. The maximum absolute atomic E-state index is 14.0. The van der Waals surface area contributed by atoms with Gasteiger partial charge in [0.1, 0.15) is 5.82 Å². The number of hydrogen-bond acceptors (Lipinski definition) is 2. The Labute approximate surface area is 123 Å². The molecule has 20 heavy (non-hydrogen) atoms. The van der Waals surface area contributed by atoms with Crippen LogP contribution < -0.4 is 0 Å². The van der Waals surface area contributed by atoms with Gasteiger partial charge in [-0.1, -0.05) is 15.9 Å². The van der Waals surface area contributed by atoms with Gasteiger partial charge in [-0.25, -0.2) is 9.18 Å². The van der Waals surface area contributed by atoms with Gasteiger partial charge < -0.3 is 5.11 Å². The summed E-state index contributed by atoms with van der Waals surface area (Å²) in [7, 11) is 0. The molecule has 102 valence electrons. The largest absolute Gasteiger partial charge is 0.478 e. The summed E-state index contributed by atoms with van der Waals surface area (Å²) in [6.45, 7) is 0. The monoisotopic (exact) mass is 335 g/mol. The predicted octanol–water partition coefficient (Wildman–Crippen LogP) is 4.23. The van der Waals surface area contributed by atoms with Crippen molar-refractivity contribution >= 4 is 21.9 Å². The van der Waals surface area contributed by atoms with Crippen LogP contribution in [0.2, 0.25) is 0 Å². The first-order valence-corrected chi connectivity index (χ1v) is 7.05. The topological polar surface area (TPSA) is 50.2 Å². The molecule has 0 saturated heterocycles. The molecule has 1 aliphatic rings. The Morgan fingerprint density at radius 3 is 2.65 bits per heavy atom. The standard InChI is InChI=1S/C15H11BrFNO2/c16-9-3-4-10(12(17)7-9)13-6-5-11(15(19)20)14(18-13)8-1-2-8/h3-8H,1-2H2,(H,19,20). The fourth-order valence-corrected chi connectivity index (χ4v) is 2.50. The average molecular weight is 336 g/mol. The molecular formula is C15H11BrFNO2. The van der Waals surface area contributed by atoms with Gasteiger partial charge in [-0.15, -0.1) is 0 Å². The second kappa shape index (κ2) is 4.98. The smallest absolute Gasteiger partial charge is 0.337 e. The van der Waals surface area contributed by atoms with Crippen LogP contribution in [-0.4, -0.2) is 16.1 Å². The van der Waals surface area contributed by atoms with E-state index in [1.165, 1.54) is 12.1 Å². The molecule has 0 atom stereocenters. The molecule has 1 aromatic heterocycles. The molecule has 0 radical (unpaired) electrons. The van der Waals surface area contributed by atoms with Gasteiger partial charge in [0.15, 0.2) is 0 Å². The molecule has 3 nitrogen and oxygen atoms in total. The molecule has 0 amide bonds. The quantitative estimate of drug-likeness (QED) is 0.913. The van der Waals surface area contributed by atoms with Gasteiger partial charge in [0.25, 0.3) is 0 Å². The van der Waals surface area contributed by atoms with E-state index in [4.69, 9.17) is 0 Å². The Hall–Kier alpha value is -1.75. The SMILES string of the molecule is O=C(O)c1ccc(-c2ccc(Br)cc2F)nc1C1CC1. The van der Waals surface area contributed by atoms with Crippen molar-refractivity contribution < 1.29 is 14.3 Å². The van der Waals surface area contributed by atoms with Crippen LogP contribution in [0.3, 0.4) is 0 Å². The summed E-state index contributed by atoms with van der Waals surface area (Å²) >= 11 is 3.21. The average Bonchev–Trinajstić information content (AvgIpc) is 3.22. The van der Waals surface area contributed by atoms with Gasteiger partial charge in [0.05, 0.1) is 17.0 Å². The molecule has 2 aromatic rings. The van der Waals surface area contributed by atoms with E-state index < -0.39 is 5.97 Å². The molecule has 5 heteroatoms. The Balaban J connectivity index is 2.10. The maximum Gasteiger partial charge on any atom is 0.337 e. The van der Waals surface area contributed by atoms with E-state index >= 15 is 0 Å². The molecule has 1 aromatic carbocycles. The van der Waals surface area contributed by atoms with Crippen LogP contribution in [0.15, 0.2) is 34.8 Å². The van der Waals surface area contributed by atoms with E-state index in [1.54, 1.807) is 18.2 Å². The summed E-state index contributed by atoms with van der Waals surface area (Å²) in [5, 5.41) is 9.17. The number of aromatic nitrogens is 1. The fraction of sp³-hybridized carbons (Fsp3) is 0.200. The minimum absolute atomic E-state index is 0.194. The van der Waals surface area contributed by atoms with E-state index in [0.29, 0.717) is 21.4 Å². The van der Waals surface area contributed by atoms with Gasteiger partial charge in [0.2, 0.25) is 0 Å². The first-order chi connectivity index (χ1) is 9.56. The molecule has 1 aliphatic carbocycles. The second-order valence-electron chi connectivity index (χ2n) is 4.83. The third kappa shape index (κ3) is 2.45. The van der Waals surface area contributed by atoms with E-state index in [0.717, 1.165) is 12.8 Å². The number of aromatic carboxylic acids is 1. The number of pyridine rings is 1. The summed E-state index contributed by atoms with van der Waals surface area (Å²) in [6.07, 6.45) is 1.89. The van der Waals surface area contributed by atoms with Gasteiger partial charge in [-0.3, -0.25) is 4.98 Å². The highest BCUT2D eigenvalue weighted by molar-refractivity contribution is 9.10. The van der Waals surface area contributed by atoms with Crippen LogP contribution in [0.1, 0.15) is 34.8 Å². The van der Waals surface area contributed by atoms with Crippen LogP contribution >= 0.6 is 15.9 Å². The van der Waals surface area contributed by atoms with Crippen LogP contribution in [0.5, 0.6) is 0 Å². The summed E-state index contributed by atoms with van der Waals surface area (Å²) < 4.78 is 14.6. The van der Waals surface area contributed by atoms with Crippen molar-refractivity contribution in [2.24, 2.45) is 0 Å². The van der Waals surface area contributed by atoms with Crippen molar-refractivity contribution in [3.8, 4) is 11.3 Å². The number of rotatable bonds is 3. The second-order valence-corrected chi connectivity index (χ2v) is 5.75. The minimum atomic E-state index is -0.984.